The molecular weight excluding hydrogens is 272 g/mol. The van der Waals surface area contributed by atoms with Crippen LogP contribution in [0.1, 0.15) is 38.0 Å². The lowest BCUT2D eigenvalue weighted by molar-refractivity contribution is -0.384. The number of hydrogen-bond acceptors (Lipinski definition) is 6. The van der Waals surface area contributed by atoms with Crippen molar-refractivity contribution < 1.29 is 9.45 Å². The van der Waals surface area contributed by atoms with Crippen LogP contribution < -0.4 is 5.73 Å². The van der Waals surface area contributed by atoms with Crippen molar-refractivity contribution in [3.05, 3.63) is 40.3 Å². The van der Waals surface area contributed by atoms with Crippen molar-refractivity contribution in [2.24, 2.45) is 5.73 Å². The molecule has 1 aromatic heterocycles. The Kier molecular flexibility index (Phi) is 3.42. The van der Waals surface area contributed by atoms with E-state index in [1.807, 2.05) is 0 Å². The van der Waals surface area contributed by atoms with E-state index in [-0.39, 0.29) is 5.69 Å². The Hall–Kier alpha value is -2.28. The van der Waals surface area contributed by atoms with Gasteiger partial charge in [-0.25, -0.2) is 0 Å². The highest BCUT2D eigenvalue weighted by Crippen LogP contribution is 2.34. The van der Waals surface area contributed by atoms with Crippen molar-refractivity contribution in [1.82, 2.24) is 10.1 Å². The Labute approximate surface area is 121 Å². The van der Waals surface area contributed by atoms with E-state index in [9.17, 15) is 10.1 Å². The van der Waals surface area contributed by atoms with Crippen LogP contribution in [0.2, 0.25) is 0 Å². The lowest BCUT2D eigenvalue weighted by Gasteiger charge is -2.29. The summed E-state index contributed by atoms with van der Waals surface area (Å²) in [4.78, 5) is 14.7. The first-order valence-corrected chi connectivity index (χ1v) is 6.96. The molecule has 0 bridgehead atoms. The first kappa shape index (κ1) is 13.7. The van der Waals surface area contributed by atoms with E-state index in [4.69, 9.17) is 10.3 Å². The van der Waals surface area contributed by atoms with E-state index >= 15 is 0 Å². The highest BCUT2D eigenvalue weighted by atomic mass is 16.6. The molecule has 21 heavy (non-hydrogen) atoms. The van der Waals surface area contributed by atoms with Gasteiger partial charge in [0.1, 0.15) is 0 Å². The monoisotopic (exact) mass is 288 g/mol. The fourth-order valence-electron chi connectivity index (χ4n) is 2.70. The SMILES string of the molecule is NC1(c2nc(-c3cccc([N+](=O)[O-])c3)no2)CCCCC1. The van der Waals surface area contributed by atoms with Gasteiger partial charge in [-0.3, -0.25) is 10.1 Å². The van der Waals surface area contributed by atoms with Gasteiger partial charge in [0, 0.05) is 17.7 Å². The molecule has 1 fully saturated rings. The van der Waals surface area contributed by atoms with Crippen LogP contribution >= 0.6 is 0 Å². The Balaban J connectivity index is 1.91. The Bertz CT molecular complexity index is 662. The molecule has 0 radical (unpaired) electrons. The van der Waals surface area contributed by atoms with E-state index in [2.05, 4.69) is 10.1 Å². The Morgan fingerprint density at radius 3 is 2.76 bits per heavy atom. The molecule has 3 rings (SSSR count). The molecule has 2 N–H and O–H groups in total. The summed E-state index contributed by atoms with van der Waals surface area (Å²) in [5.74, 6) is 0.757. The highest BCUT2D eigenvalue weighted by molar-refractivity contribution is 5.58. The molecule has 1 aromatic carbocycles. The second-order valence-corrected chi connectivity index (χ2v) is 5.45. The third-order valence-electron chi connectivity index (χ3n) is 3.91. The summed E-state index contributed by atoms with van der Waals surface area (Å²) >= 11 is 0. The fourth-order valence-corrected chi connectivity index (χ4v) is 2.70. The van der Waals surface area contributed by atoms with Crippen LogP contribution in [-0.2, 0) is 5.54 Å². The normalized spacial score (nSPS) is 17.6. The van der Waals surface area contributed by atoms with Crippen LogP contribution in [0.25, 0.3) is 11.4 Å². The topological polar surface area (TPSA) is 108 Å². The number of hydrogen-bond donors (Lipinski definition) is 1. The predicted molar refractivity (Wildman–Crippen MR) is 75.3 cm³/mol. The largest absolute Gasteiger partial charge is 0.337 e. The molecule has 1 aliphatic carbocycles. The summed E-state index contributed by atoms with van der Waals surface area (Å²) in [5, 5.41) is 14.7. The molecule has 0 unspecified atom stereocenters. The molecule has 0 atom stereocenters. The van der Waals surface area contributed by atoms with Crippen molar-refractivity contribution in [2.75, 3.05) is 0 Å². The van der Waals surface area contributed by atoms with Gasteiger partial charge in [0.05, 0.1) is 10.5 Å². The average molecular weight is 288 g/mol. The fraction of sp³-hybridized carbons (Fsp3) is 0.429. The molecule has 1 aliphatic rings. The molecular formula is C14H16N4O3. The summed E-state index contributed by atoms with van der Waals surface area (Å²) in [7, 11) is 0. The molecule has 7 heteroatoms. The molecule has 0 aliphatic heterocycles. The summed E-state index contributed by atoms with van der Waals surface area (Å²) in [5.41, 5.74) is 6.33. The zero-order chi connectivity index (χ0) is 14.9. The molecule has 1 heterocycles. The van der Waals surface area contributed by atoms with Crippen LogP contribution in [0.3, 0.4) is 0 Å². The summed E-state index contributed by atoms with van der Waals surface area (Å²) < 4.78 is 5.31. The number of nitrogens with two attached hydrogens (primary N) is 1. The van der Waals surface area contributed by atoms with Gasteiger partial charge in [-0.05, 0) is 12.8 Å². The lowest BCUT2D eigenvalue weighted by Crippen LogP contribution is -2.38. The van der Waals surface area contributed by atoms with E-state index in [0.29, 0.717) is 17.3 Å². The van der Waals surface area contributed by atoms with Crippen LogP contribution in [0.15, 0.2) is 28.8 Å². The second-order valence-electron chi connectivity index (χ2n) is 5.45. The number of nitro benzene ring substituents is 1. The smallest absolute Gasteiger partial charge is 0.270 e. The first-order chi connectivity index (χ1) is 10.1. The number of rotatable bonds is 3. The van der Waals surface area contributed by atoms with E-state index in [1.54, 1.807) is 12.1 Å². The maximum Gasteiger partial charge on any atom is 0.270 e. The lowest BCUT2D eigenvalue weighted by atomic mass is 9.82. The van der Waals surface area contributed by atoms with Gasteiger partial charge in [-0.15, -0.1) is 0 Å². The molecule has 110 valence electrons. The van der Waals surface area contributed by atoms with Crippen LogP contribution in [0.4, 0.5) is 5.69 Å². The van der Waals surface area contributed by atoms with Crippen molar-refractivity contribution in [2.45, 2.75) is 37.6 Å². The minimum absolute atomic E-state index is 0.000946. The minimum atomic E-state index is -0.565. The van der Waals surface area contributed by atoms with Crippen molar-refractivity contribution in [3.63, 3.8) is 0 Å². The van der Waals surface area contributed by atoms with Crippen LogP contribution in [0, 0.1) is 10.1 Å². The van der Waals surface area contributed by atoms with Gasteiger partial charge in [0.15, 0.2) is 0 Å². The molecule has 7 nitrogen and oxygen atoms in total. The van der Waals surface area contributed by atoms with Crippen LogP contribution in [-0.4, -0.2) is 15.1 Å². The molecule has 0 saturated heterocycles. The first-order valence-electron chi connectivity index (χ1n) is 6.96. The third-order valence-corrected chi connectivity index (χ3v) is 3.91. The maximum absolute atomic E-state index is 10.8. The van der Waals surface area contributed by atoms with Gasteiger partial charge < -0.3 is 10.3 Å². The van der Waals surface area contributed by atoms with Gasteiger partial charge in [0.2, 0.25) is 11.7 Å². The van der Waals surface area contributed by atoms with E-state index < -0.39 is 10.5 Å². The van der Waals surface area contributed by atoms with Crippen molar-refractivity contribution in [3.8, 4) is 11.4 Å². The van der Waals surface area contributed by atoms with Gasteiger partial charge in [-0.2, -0.15) is 4.98 Å². The third kappa shape index (κ3) is 2.64. The Morgan fingerprint density at radius 2 is 2.05 bits per heavy atom. The maximum atomic E-state index is 10.8. The number of nitrogens with zero attached hydrogens (tertiary/aromatic N) is 3. The standard InChI is InChI=1S/C14H16N4O3/c15-14(7-2-1-3-8-14)13-16-12(17-21-13)10-5-4-6-11(9-10)18(19)20/h4-6,9H,1-3,7-8,15H2. The second kappa shape index (κ2) is 5.25. The van der Waals surface area contributed by atoms with Crippen molar-refractivity contribution >= 4 is 5.69 Å². The molecule has 0 amide bonds. The number of aromatic nitrogens is 2. The number of nitro groups is 1. The van der Waals surface area contributed by atoms with Gasteiger partial charge >= 0.3 is 0 Å². The highest BCUT2D eigenvalue weighted by Gasteiger charge is 2.35. The number of benzene rings is 1. The zero-order valence-corrected chi connectivity index (χ0v) is 11.5. The van der Waals surface area contributed by atoms with Crippen molar-refractivity contribution in [1.29, 1.82) is 0 Å². The summed E-state index contributed by atoms with van der Waals surface area (Å²) in [6.07, 6.45) is 4.91. The minimum Gasteiger partial charge on any atom is -0.337 e. The van der Waals surface area contributed by atoms with Gasteiger partial charge in [-0.1, -0.05) is 36.6 Å². The van der Waals surface area contributed by atoms with E-state index in [1.165, 1.54) is 18.6 Å². The zero-order valence-electron chi connectivity index (χ0n) is 11.5. The average Bonchev–Trinajstić information content (AvgIpc) is 2.99. The molecule has 1 saturated carbocycles. The summed E-state index contributed by atoms with van der Waals surface area (Å²) in [6.45, 7) is 0. The van der Waals surface area contributed by atoms with Crippen LogP contribution in [0.5, 0.6) is 0 Å². The molecule has 2 aromatic rings. The van der Waals surface area contributed by atoms with E-state index in [0.717, 1.165) is 25.7 Å². The summed E-state index contributed by atoms with van der Waals surface area (Å²) in [6, 6.07) is 6.17. The quantitative estimate of drug-likeness (QED) is 0.687. The Morgan fingerprint density at radius 1 is 1.29 bits per heavy atom. The van der Waals surface area contributed by atoms with Gasteiger partial charge in [0.25, 0.3) is 5.69 Å². The number of non-ortho nitro benzene ring substituents is 1. The predicted octanol–water partition coefficient (Wildman–Crippen LogP) is 2.76. The molecule has 0 spiro atoms.